The largest absolute Gasteiger partial charge is 0.481 e. The first-order chi connectivity index (χ1) is 12.2. The summed E-state index contributed by atoms with van der Waals surface area (Å²) in [7, 11) is -3.63. The molecule has 1 saturated heterocycles. The summed E-state index contributed by atoms with van der Waals surface area (Å²) in [6.07, 6.45) is 0.108. The van der Waals surface area contributed by atoms with Gasteiger partial charge in [-0.05, 0) is 24.5 Å². The first kappa shape index (κ1) is 18.5. The van der Waals surface area contributed by atoms with Gasteiger partial charge in [-0.25, -0.2) is 12.7 Å². The van der Waals surface area contributed by atoms with Crippen molar-refractivity contribution in [3.05, 3.63) is 35.4 Å². The molecule has 0 bridgehead atoms. The summed E-state index contributed by atoms with van der Waals surface area (Å²) in [6.45, 7) is 1.86. The number of rotatable bonds is 6. The summed E-state index contributed by atoms with van der Waals surface area (Å²) in [4.78, 5) is 36.7. The van der Waals surface area contributed by atoms with Crippen molar-refractivity contribution in [3.63, 3.8) is 0 Å². The maximum absolute atomic E-state index is 12.4. The fraction of sp³-hybridized carbons (Fsp3) is 0.471. The molecule has 2 atom stereocenters. The number of carboxylic acids is 1. The van der Waals surface area contributed by atoms with Crippen LogP contribution in [0.5, 0.6) is 0 Å². The number of hydrogen-bond donors (Lipinski definition) is 1. The molecule has 9 heteroatoms. The Hall–Kier alpha value is -2.26. The lowest BCUT2D eigenvalue weighted by Gasteiger charge is -2.18. The van der Waals surface area contributed by atoms with Crippen molar-refractivity contribution < 1.29 is 27.9 Å². The summed E-state index contributed by atoms with van der Waals surface area (Å²) >= 11 is 0. The quantitative estimate of drug-likeness (QED) is 0.726. The molecule has 2 heterocycles. The number of carbonyl (C=O) groups excluding carboxylic acids is 2. The topological polar surface area (TPSA) is 112 Å². The molecule has 1 aromatic carbocycles. The molecule has 0 aromatic heterocycles. The Morgan fingerprint density at radius 2 is 1.73 bits per heavy atom. The zero-order chi connectivity index (χ0) is 19.1. The molecule has 0 spiro atoms. The van der Waals surface area contributed by atoms with Gasteiger partial charge in [0.1, 0.15) is 0 Å². The monoisotopic (exact) mass is 380 g/mol. The van der Waals surface area contributed by atoms with Crippen molar-refractivity contribution >= 4 is 27.8 Å². The van der Waals surface area contributed by atoms with Crippen LogP contribution in [0.2, 0.25) is 0 Å². The van der Waals surface area contributed by atoms with Gasteiger partial charge < -0.3 is 5.11 Å². The Bertz CT molecular complexity index is 831. The second kappa shape index (κ2) is 6.81. The molecule has 8 nitrogen and oxygen atoms in total. The third-order valence-corrected chi connectivity index (χ3v) is 6.84. The molecule has 140 valence electrons. The van der Waals surface area contributed by atoms with E-state index >= 15 is 0 Å². The Kier molecular flexibility index (Phi) is 4.85. The predicted octanol–water partition coefficient (Wildman–Crippen LogP) is 0.655. The minimum absolute atomic E-state index is 0.0112. The van der Waals surface area contributed by atoms with Crippen molar-refractivity contribution in [1.29, 1.82) is 0 Å². The average Bonchev–Trinajstić information content (AvgIpc) is 3.10. The Balaban J connectivity index is 1.59. The smallest absolute Gasteiger partial charge is 0.308 e. The van der Waals surface area contributed by atoms with E-state index in [9.17, 15) is 22.8 Å². The van der Waals surface area contributed by atoms with Crippen LogP contribution in [0.15, 0.2) is 24.3 Å². The summed E-state index contributed by atoms with van der Waals surface area (Å²) in [6, 6.07) is 6.49. The van der Waals surface area contributed by atoms with E-state index in [1.165, 1.54) is 4.31 Å². The number of aliphatic carboxylic acids is 1. The lowest BCUT2D eigenvalue weighted by molar-refractivity contribution is -0.142. The number of amides is 2. The van der Waals surface area contributed by atoms with E-state index in [0.29, 0.717) is 11.1 Å². The number of carbonyl (C=O) groups is 3. The number of carboxylic acid groups (broad SMARTS) is 1. The van der Waals surface area contributed by atoms with Gasteiger partial charge in [0.05, 0.1) is 22.8 Å². The fourth-order valence-corrected chi connectivity index (χ4v) is 5.05. The summed E-state index contributed by atoms with van der Waals surface area (Å²) < 4.78 is 26.1. The predicted molar refractivity (Wildman–Crippen MR) is 92.1 cm³/mol. The maximum atomic E-state index is 12.4. The molecule has 1 N–H and O–H groups in total. The van der Waals surface area contributed by atoms with E-state index in [4.69, 9.17) is 5.11 Å². The van der Waals surface area contributed by atoms with Gasteiger partial charge in [-0.3, -0.25) is 19.3 Å². The van der Waals surface area contributed by atoms with Gasteiger partial charge in [0, 0.05) is 19.6 Å². The summed E-state index contributed by atoms with van der Waals surface area (Å²) in [5.74, 6) is -3.02. The van der Waals surface area contributed by atoms with E-state index < -0.39 is 33.7 Å². The molecule has 0 saturated carbocycles. The van der Waals surface area contributed by atoms with Crippen molar-refractivity contribution in [3.8, 4) is 0 Å². The molecule has 26 heavy (non-hydrogen) atoms. The van der Waals surface area contributed by atoms with Crippen molar-refractivity contribution in [2.45, 2.75) is 13.3 Å². The minimum Gasteiger partial charge on any atom is -0.481 e. The zero-order valence-electron chi connectivity index (χ0n) is 14.3. The van der Waals surface area contributed by atoms with Crippen LogP contribution in [0.25, 0.3) is 0 Å². The van der Waals surface area contributed by atoms with E-state index in [0.717, 1.165) is 4.90 Å². The summed E-state index contributed by atoms with van der Waals surface area (Å²) in [5, 5.41) is 9.13. The normalized spacial score (nSPS) is 23.5. The van der Waals surface area contributed by atoms with Gasteiger partial charge in [0.2, 0.25) is 10.0 Å². The average molecular weight is 380 g/mol. The number of nitrogens with zero attached hydrogens (tertiary/aromatic N) is 2. The van der Waals surface area contributed by atoms with Crippen molar-refractivity contribution in [2.75, 3.05) is 25.4 Å². The Morgan fingerprint density at radius 3 is 2.23 bits per heavy atom. The third kappa shape index (κ3) is 3.24. The van der Waals surface area contributed by atoms with Crippen LogP contribution >= 0.6 is 0 Å². The highest BCUT2D eigenvalue weighted by molar-refractivity contribution is 7.89. The minimum atomic E-state index is -3.63. The van der Waals surface area contributed by atoms with Gasteiger partial charge in [-0.15, -0.1) is 0 Å². The third-order valence-electron chi connectivity index (χ3n) is 4.95. The molecule has 2 aliphatic rings. The van der Waals surface area contributed by atoms with Crippen molar-refractivity contribution in [1.82, 2.24) is 9.21 Å². The Labute approximate surface area is 151 Å². The van der Waals surface area contributed by atoms with Crippen LogP contribution in [-0.2, 0) is 14.8 Å². The van der Waals surface area contributed by atoms with Gasteiger partial charge in [0.15, 0.2) is 0 Å². The molecule has 3 rings (SSSR count). The van der Waals surface area contributed by atoms with E-state index in [-0.39, 0.29) is 37.7 Å². The molecule has 2 aliphatic heterocycles. The van der Waals surface area contributed by atoms with E-state index in [1.807, 2.05) is 0 Å². The SMILES string of the molecule is C[C@@H]1CN(S(=O)(=O)CCCN2C(=O)c3ccccc3C2=O)C[C@H]1C(=O)O. The first-order valence-electron chi connectivity index (χ1n) is 8.38. The van der Waals surface area contributed by atoms with Gasteiger partial charge in [-0.1, -0.05) is 19.1 Å². The lowest BCUT2D eigenvalue weighted by atomic mass is 9.99. The van der Waals surface area contributed by atoms with E-state index in [2.05, 4.69) is 0 Å². The highest BCUT2D eigenvalue weighted by Gasteiger charge is 2.40. The second-order valence-electron chi connectivity index (χ2n) is 6.72. The maximum Gasteiger partial charge on any atom is 0.308 e. The van der Waals surface area contributed by atoms with Crippen LogP contribution < -0.4 is 0 Å². The van der Waals surface area contributed by atoms with Crippen LogP contribution in [-0.4, -0.2) is 65.9 Å². The van der Waals surface area contributed by atoms with E-state index in [1.54, 1.807) is 31.2 Å². The standard InChI is InChI=1S/C17H20N2O6S/c1-11-9-18(10-14(11)17(22)23)26(24,25)8-4-7-19-15(20)12-5-2-3-6-13(12)16(19)21/h2-3,5-6,11,14H,4,7-10H2,1H3,(H,22,23)/t11-,14-/m1/s1. The number of hydrogen-bond acceptors (Lipinski definition) is 5. The van der Waals surface area contributed by atoms with Crippen molar-refractivity contribution in [2.24, 2.45) is 11.8 Å². The second-order valence-corrected chi connectivity index (χ2v) is 8.80. The highest BCUT2D eigenvalue weighted by atomic mass is 32.2. The molecular weight excluding hydrogens is 360 g/mol. The van der Waals surface area contributed by atoms with Crippen LogP contribution in [0, 0.1) is 11.8 Å². The van der Waals surface area contributed by atoms with Gasteiger partial charge in [-0.2, -0.15) is 0 Å². The Morgan fingerprint density at radius 1 is 1.15 bits per heavy atom. The van der Waals surface area contributed by atoms with Crippen LogP contribution in [0.4, 0.5) is 0 Å². The first-order valence-corrected chi connectivity index (χ1v) is 9.99. The fourth-order valence-electron chi connectivity index (χ4n) is 3.45. The number of fused-ring (bicyclic) bond motifs is 1. The molecule has 0 radical (unpaired) electrons. The number of imide groups is 1. The molecule has 0 unspecified atom stereocenters. The highest BCUT2D eigenvalue weighted by Crippen LogP contribution is 2.26. The molecule has 0 aliphatic carbocycles. The van der Waals surface area contributed by atoms with Crippen LogP contribution in [0.3, 0.4) is 0 Å². The molecule has 2 amide bonds. The zero-order valence-corrected chi connectivity index (χ0v) is 15.1. The number of sulfonamides is 1. The molecular formula is C17H20N2O6S. The van der Waals surface area contributed by atoms with Gasteiger partial charge >= 0.3 is 5.97 Å². The van der Waals surface area contributed by atoms with Crippen LogP contribution in [0.1, 0.15) is 34.1 Å². The molecule has 1 aromatic rings. The molecule has 1 fully saturated rings. The lowest BCUT2D eigenvalue weighted by Crippen LogP contribution is -2.35. The van der Waals surface area contributed by atoms with Gasteiger partial charge in [0.25, 0.3) is 11.8 Å². The summed E-state index contributed by atoms with van der Waals surface area (Å²) in [5.41, 5.74) is 0.663. The number of benzene rings is 1.